The highest BCUT2D eigenvalue weighted by Crippen LogP contribution is 2.71. The maximum absolute atomic E-state index is 10.0. The first kappa shape index (κ1) is 16.0. The summed E-state index contributed by atoms with van der Waals surface area (Å²) in [6.45, 7) is 5.04. The summed E-state index contributed by atoms with van der Waals surface area (Å²) in [6.07, 6.45) is -1.01. The molecule has 0 aliphatic carbocycles. The molecular weight excluding hydrogens is 304 g/mol. The van der Waals surface area contributed by atoms with Gasteiger partial charge in [0.25, 0.3) is 0 Å². The van der Waals surface area contributed by atoms with Crippen LogP contribution in [0.15, 0.2) is 30.3 Å². The smallest absolute Gasteiger partial charge is 0.217 e. The lowest BCUT2D eigenvalue weighted by Crippen LogP contribution is -2.63. The molecule has 0 radical (unpaired) electrons. The lowest BCUT2D eigenvalue weighted by atomic mass is 9.48. The third-order valence-electron chi connectivity index (χ3n) is 5.66. The van der Waals surface area contributed by atoms with Crippen LogP contribution in [0, 0.1) is 55.6 Å². The lowest BCUT2D eigenvalue weighted by Gasteiger charge is -2.53. The Morgan fingerprint density at radius 1 is 1.00 bits per heavy atom. The highest BCUT2D eigenvalue weighted by molar-refractivity contribution is 5.90. The number of fused-ring (bicyclic) bond motifs is 2. The predicted octanol–water partition coefficient (Wildman–Crippen LogP) is 3.05. The summed E-state index contributed by atoms with van der Waals surface area (Å²) in [7, 11) is 0. The maximum Gasteiger partial charge on any atom is 0.217 e. The van der Waals surface area contributed by atoms with Gasteiger partial charge in [0.15, 0.2) is 5.41 Å². The monoisotopic (exact) mass is 320 g/mol. The second kappa shape index (κ2) is 4.57. The van der Waals surface area contributed by atoms with E-state index in [9.17, 15) is 15.8 Å². The van der Waals surface area contributed by atoms with E-state index >= 15 is 0 Å². The van der Waals surface area contributed by atoms with Crippen LogP contribution >= 0.6 is 0 Å². The molecule has 2 aliphatic rings. The highest BCUT2D eigenvalue weighted by Gasteiger charge is 2.83. The van der Waals surface area contributed by atoms with E-state index in [0.717, 1.165) is 0 Å². The van der Waals surface area contributed by atoms with Gasteiger partial charge in [-0.2, -0.15) is 15.8 Å². The molecule has 1 aromatic rings. The molecule has 1 N–H and O–H groups in total. The van der Waals surface area contributed by atoms with E-state index in [1.807, 2.05) is 18.2 Å². The van der Waals surface area contributed by atoms with E-state index in [2.05, 4.69) is 6.07 Å². The molecule has 3 atom stereocenters. The molecule has 0 saturated carbocycles. The largest absolute Gasteiger partial charge is 0.447 e. The summed E-state index contributed by atoms with van der Waals surface area (Å²) in [5, 5.41) is 38.3. The van der Waals surface area contributed by atoms with Crippen molar-refractivity contribution in [3.63, 3.8) is 0 Å². The SMILES string of the molecule is CC1(C)[C@]2(C)OC(=N)[C@@]1(C#N)C(C#N)(C#N)[C@@H](c1ccccc1)O2. The van der Waals surface area contributed by atoms with Crippen LogP contribution in [-0.2, 0) is 9.47 Å². The van der Waals surface area contributed by atoms with Crippen LogP contribution in [-0.4, -0.2) is 11.7 Å². The summed E-state index contributed by atoms with van der Waals surface area (Å²) < 4.78 is 11.7. The van der Waals surface area contributed by atoms with Gasteiger partial charge < -0.3 is 9.47 Å². The zero-order valence-electron chi connectivity index (χ0n) is 13.6. The number of ether oxygens (including phenoxy) is 2. The highest BCUT2D eigenvalue weighted by atomic mass is 16.7. The minimum absolute atomic E-state index is 0.390. The third kappa shape index (κ3) is 1.39. The fourth-order valence-corrected chi connectivity index (χ4v) is 3.91. The van der Waals surface area contributed by atoms with Crippen molar-refractivity contribution in [1.29, 1.82) is 21.2 Å². The average molecular weight is 320 g/mol. The van der Waals surface area contributed by atoms with Crippen LogP contribution in [0.2, 0.25) is 0 Å². The van der Waals surface area contributed by atoms with E-state index in [-0.39, 0.29) is 5.90 Å². The van der Waals surface area contributed by atoms with Gasteiger partial charge >= 0.3 is 0 Å². The van der Waals surface area contributed by atoms with Crippen molar-refractivity contribution in [2.75, 3.05) is 0 Å². The number of nitriles is 3. The second-order valence-electron chi connectivity index (χ2n) is 6.80. The quantitative estimate of drug-likeness (QED) is 0.854. The number of nitrogens with zero attached hydrogens (tertiary/aromatic N) is 3. The molecule has 6 heteroatoms. The van der Waals surface area contributed by atoms with Gasteiger partial charge in [0, 0.05) is 6.92 Å². The van der Waals surface area contributed by atoms with Crippen LogP contribution in [0.25, 0.3) is 0 Å². The predicted molar refractivity (Wildman–Crippen MR) is 83.0 cm³/mol. The van der Waals surface area contributed by atoms with E-state index in [4.69, 9.17) is 14.9 Å². The average Bonchev–Trinajstić information content (AvgIpc) is 2.67. The molecule has 2 saturated heterocycles. The number of nitrogens with one attached hydrogen (secondary N) is 1. The molecule has 6 nitrogen and oxygen atoms in total. The zero-order chi connectivity index (χ0) is 17.8. The summed E-state index contributed by atoms with van der Waals surface area (Å²) in [5.41, 5.74) is -4.11. The lowest BCUT2D eigenvalue weighted by molar-refractivity contribution is -0.302. The first-order valence-electron chi connectivity index (χ1n) is 7.51. The molecule has 1 aromatic carbocycles. The van der Waals surface area contributed by atoms with Crippen molar-refractivity contribution in [2.24, 2.45) is 16.2 Å². The van der Waals surface area contributed by atoms with E-state index < -0.39 is 28.1 Å². The molecule has 120 valence electrons. The van der Waals surface area contributed by atoms with Gasteiger partial charge in [0.1, 0.15) is 6.10 Å². The van der Waals surface area contributed by atoms with E-state index in [0.29, 0.717) is 5.56 Å². The first-order chi connectivity index (χ1) is 11.3. The van der Waals surface area contributed by atoms with Gasteiger partial charge in [-0.15, -0.1) is 0 Å². The zero-order valence-corrected chi connectivity index (χ0v) is 13.6. The summed E-state index contributed by atoms with van der Waals surface area (Å²) >= 11 is 0. The Labute approximate surface area is 140 Å². The number of rotatable bonds is 1. The topological polar surface area (TPSA) is 114 Å². The summed E-state index contributed by atoms with van der Waals surface area (Å²) in [4.78, 5) is 0. The number of hydrogen-bond donors (Lipinski definition) is 1. The maximum atomic E-state index is 10.0. The Balaban J connectivity index is 2.39. The van der Waals surface area contributed by atoms with Crippen molar-refractivity contribution in [1.82, 2.24) is 0 Å². The van der Waals surface area contributed by atoms with Gasteiger partial charge in [0.05, 0.1) is 23.6 Å². The van der Waals surface area contributed by atoms with Crippen molar-refractivity contribution in [3.8, 4) is 18.2 Å². The van der Waals surface area contributed by atoms with Gasteiger partial charge in [-0.3, -0.25) is 5.41 Å². The summed E-state index contributed by atoms with van der Waals surface area (Å²) in [5.74, 6) is -1.68. The van der Waals surface area contributed by atoms with Crippen LogP contribution in [0.5, 0.6) is 0 Å². The molecule has 2 heterocycles. The Morgan fingerprint density at radius 3 is 2.08 bits per heavy atom. The molecule has 2 aliphatic heterocycles. The number of hydrogen-bond acceptors (Lipinski definition) is 6. The second-order valence-corrected chi connectivity index (χ2v) is 6.80. The normalized spacial score (nSPS) is 35.2. The fraction of sp³-hybridized carbons (Fsp3) is 0.444. The van der Waals surface area contributed by atoms with E-state index in [1.54, 1.807) is 45.0 Å². The Hall–Kier alpha value is -2.88. The van der Waals surface area contributed by atoms with Crippen LogP contribution in [0.1, 0.15) is 32.4 Å². The third-order valence-corrected chi connectivity index (χ3v) is 5.66. The van der Waals surface area contributed by atoms with Crippen molar-refractivity contribution in [3.05, 3.63) is 35.9 Å². The van der Waals surface area contributed by atoms with Gasteiger partial charge in [-0.05, 0) is 5.56 Å². The Morgan fingerprint density at radius 2 is 1.58 bits per heavy atom. The fourth-order valence-electron chi connectivity index (χ4n) is 3.91. The van der Waals surface area contributed by atoms with Gasteiger partial charge in [-0.1, -0.05) is 44.2 Å². The van der Waals surface area contributed by atoms with Crippen LogP contribution in [0.3, 0.4) is 0 Å². The molecule has 0 amide bonds. The van der Waals surface area contributed by atoms with Gasteiger partial charge in [0.2, 0.25) is 17.1 Å². The molecule has 0 spiro atoms. The first-order valence-corrected chi connectivity index (χ1v) is 7.51. The van der Waals surface area contributed by atoms with Crippen LogP contribution < -0.4 is 0 Å². The van der Waals surface area contributed by atoms with Gasteiger partial charge in [-0.25, -0.2) is 0 Å². The van der Waals surface area contributed by atoms with Crippen molar-refractivity contribution in [2.45, 2.75) is 32.7 Å². The minimum atomic E-state index is -1.90. The molecule has 24 heavy (non-hydrogen) atoms. The molecule has 3 rings (SSSR count). The molecule has 2 fully saturated rings. The minimum Gasteiger partial charge on any atom is -0.447 e. The Bertz CT molecular complexity index is 829. The van der Waals surface area contributed by atoms with Crippen LogP contribution in [0.4, 0.5) is 0 Å². The molecule has 0 aromatic heterocycles. The molecular formula is C18H16N4O2. The summed E-state index contributed by atoms with van der Waals surface area (Å²) in [6, 6.07) is 14.9. The number of benzene rings is 1. The van der Waals surface area contributed by atoms with Crippen molar-refractivity contribution < 1.29 is 9.47 Å². The molecule has 0 unspecified atom stereocenters. The van der Waals surface area contributed by atoms with E-state index in [1.165, 1.54) is 0 Å². The Kier molecular flexibility index (Phi) is 3.05. The molecule has 2 bridgehead atoms. The standard InChI is InChI=1S/C18H16N4O2/c1-15(2)16(3)23-13(12-7-5-4-6-8-12)17(9-19,10-20)18(15,11-21)14(22)24-16/h4-8,13,22H,1-3H3/t13-,16+,18-/m1/s1. The van der Waals surface area contributed by atoms with Crippen molar-refractivity contribution >= 4 is 5.90 Å².